The summed E-state index contributed by atoms with van der Waals surface area (Å²) in [7, 11) is 4.01. The van der Waals surface area contributed by atoms with Crippen LogP contribution in [0.5, 0.6) is 0 Å². The largest absolute Gasteiger partial charge is 0.378 e. The maximum Gasteiger partial charge on any atom is 0.230 e. The molecule has 4 rings (SSSR count). The number of amides is 2. The first-order valence-corrected chi connectivity index (χ1v) is 11.7. The lowest BCUT2D eigenvalue weighted by molar-refractivity contribution is -0.122. The Hall–Kier alpha value is -3.26. The first kappa shape index (κ1) is 22.0. The average Bonchev–Trinajstić information content (AvgIpc) is 3.40. The second kappa shape index (κ2) is 9.48. The standard InChI is InChI=1S/C24H27N5O2S/c1-27(2)19-6-4-17(5-7-19)15-29-22(12-13-25-29)26-24(31)18-14-23(30)28(16-18)20-8-10-21(32-3)11-9-20/h4-13,18H,14-16H2,1-3H3,(H,26,31). The van der Waals surface area contributed by atoms with Gasteiger partial charge in [-0.15, -0.1) is 11.8 Å². The molecule has 0 bridgehead atoms. The van der Waals surface area contributed by atoms with Crippen molar-refractivity contribution in [2.75, 3.05) is 42.0 Å². The van der Waals surface area contributed by atoms with E-state index in [0.717, 1.165) is 21.8 Å². The van der Waals surface area contributed by atoms with Gasteiger partial charge in [0.1, 0.15) is 5.82 Å². The summed E-state index contributed by atoms with van der Waals surface area (Å²) in [5, 5.41) is 7.32. The molecule has 0 aliphatic carbocycles. The Balaban J connectivity index is 1.40. The smallest absolute Gasteiger partial charge is 0.230 e. The number of aromatic nitrogens is 2. The monoisotopic (exact) mass is 449 g/mol. The van der Waals surface area contributed by atoms with Crippen molar-refractivity contribution in [3.05, 3.63) is 66.4 Å². The number of nitrogens with one attached hydrogen (secondary N) is 1. The van der Waals surface area contributed by atoms with E-state index in [1.165, 1.54) is 0 Å². The van der Waals surface area contributed by atoms with Crippen molar-refractivity contribution in [3.63, 3.8) is 0 Å². The van der Waals surface area contributed by atoms with E-state index >= 15 is 0 Å². The fourth-order valence-corrected chi connectivity index (χ4v) is 4.17. The van der Waals surface area contributed by atoms with Crippen molar-refractivity contribution in [3.8, 4) is 0 Å². The summed E-state index contributed by atoms with van der Waals surface area (Å²) in [4.78, 5) is 30.3. The molecule has 3 aromatic rings. The lowest BCUT2D eigenvalue weighted by Crippen LogP contribution is -2.28. The minimum absolute atomic E-state index is 0.0310. The number of rotatable bonds is 7. The van der Waals surface area contributed by atoms with Gasteiger partial charge in [0.05, 0.1) is 18.7 Å². The first-order valence-electron chi connectivity index (χ1n) is 10.5. The fourth-order valence-electron chi connectivity index (χ4n) is 3.76. The summed E-state index contributed by atoms with van der Waals surface area (Å²) in [6, 6.07) is 17.8. The first-order chi connectivity index (χ1) is 15.4. The molecule has 0 spiro atoms. The summed E-state index contributed by atoms with van der Waals surface area (Å²) in [5.74, 6) is 0.0372. The molecule has 1 atom stereocenters. The molecule has 1 N–H and O–H groups in total. The third-order valence-corrected chi connectivity index (χ3v) is 6.38. The molecular weight excluding hydrogens is 422 g/mol. The highest BCUT2D eigenvalue weighted by molar-refractivity contribution is 7.98. The third-order valence-electron chi connectivity index (χ3n) is 5.63. The summed E-state index contributed by atoms with van der Waals surface area (Å²) in [6.07, 6.45) is 3.89. The molecule has 2 heterocycles. The number of carbonyl (C=O) groups is 2. The van der Waals surface area contributed by atoms with E-state index in [1.54, 1.807) is 33.6 Å². The lowest BCUT2D eigenvalue weighted by Gasteiger charge is -2.17. The number of thioether (sulfide) groups is 1. The Labute approximate surface area is 192 Å². The van der Waals surface area contributed by atoms with Crippen LogP contribution in [-0.4, -0.2) is 48.5 Å². The predicted molar refractivity (Wildman–Crippen MR) is 129 cm³/mol. The van der Waals surface area contributed by atoms with Crippen molar-refractivity contribution < 1.29 is 9.59 Å². The van der Waals surface area contributed by atoms with Crippen molar-refractivity contribution in [1.29, 1.82) is 0 Å². The Kier molecular flexibility index (Phi) is 6.50. The second-order valence-corrected chi connectivity index (χ2v) is 8.91. The van der Waals surface area contributed by atoms with Crippen LogP contribution in [-0.2, 0) is 16.1 Å². The molecule has 1 unspecified atom stereocenters. The number of nitrogens with zero attached hydrogens (tertiary/aromatic N) is 4. The topological polar surface area (TPSA) is 70.5 Å². The molecule has 1 saturated heterocycles. The third kappa shape index (κ3) is 4.80. The number of hydrogen-bond acceptors (Lipinski definition) is 5. The van der Waals surface area contributed by atoms with Crippen molar-refractivity contribution in [2.45, 2.75) is 17.9 Å². The Morgan fingerprint density at radius 2 is 1.84 bits per heavy atom. The second-order valence-electron chi connectivity index (χ2n) is 8.03. The van der Waals surface area contributed by atoms with Crippen LogP contribution in [0.2, 0.25) is 0 Å². The van der Waals surface area contributed by atoms with E-state index in [2.05, 4.69) is 34.7 Å². The quantitative estimate of drug-likeness (QED) is 0.557. The van der Waals surface area contributed by atoms with E-state index in [9.17, 15) is 9.59 Å². The normalized spacial score (nSPS) is 15.8. The molecular formula is C24H27N5O2S. The Bertz CT molecular complexity index is 1090. The predicted octanol–water partition coefficient (Wildman–Crippen LogP) is 3.71. The van der Waals surface area contributed by atoms with E-state index in [0.29, 0.717) is 18.9 Å². The van der Waals surface area contributed by atoms with Crippen LogP contribution in [0, 0.1) is 5.92 Å². The van der Waals surface area contributed by atoms with Gasteiger partial charge in [0.25, 0.3) is 0 Å². The number of anilines is 3. The van der Waals surface area contributed by atoms with Crippen LogP contribution in [0.1, 0.15) is 12.0 Å². The van der Waals surface area contributed by atoms with Crippen LogP contribution in [0.4, 0.5) is 17.2 Å². The van der Waals surface area contributed by atoms with Gasteiger partial charge >= 0.3 is 0 Å². The fraction of sp³-hybridized carbons (Fsp3) is 0.292. The number of carbonyl (C=O) groups excluding carboxylic acids is 2. The lowest BCUT2D eigenvalue weighted by atomic mass is 10.1. The zero-order valence-corrected chi connectivity index (χ0v) is 19.3. The van der Waals surface area contributed by atoms with Gasteiger partial charge in [-0.3, -0.25) is 9.59 Å². The van der Waals surface area contributed by atoms with Crippen LogP contribution in [0.15, 0.2) is 65.7 Å². The van der Waals surface area contributed by atoms with Gasteiger partial charge in [-0.2, -0.15) is 5.10 Å². The molecule has 0 saturated carbocycles. The summed E-state index contributed by atoms with van der Waals surface area (Å²) >= 11 is 1.65. The van der Waals surface area contributed by atoms with Gasteiger partial charge < -0.3 is 15.1 Å². The van der Waals surface area contributed by atoms with E-state index in [-0.39, 0.29) is 18.2 Å². The zero-order chi connectivity index (χ0) is 22.7. The van der Waals surface area contributed by atoms with Gasteiger partial charge in [0.15, 0.2) is 0 Å². The van der Waals surface area contributed by atoms with Gasteiger partial charge in [-0.05, 0) is 48.2 Å². The maximum atomic E-state index is 12.9. The number of hydrogen-bond donors (Lipinski definition) is 1. The highest BCUT2D eigenvalue weighted by atomic mass is 32.2. The molecule has 1 aliphatic rings. The van der Waals surface area contributed by atoms with E-state index in [1.807, 2.05) is 49.5 Å². The number of benzene rings is 2. The van der Waals surface area contributed by atoms with Crippen molar-refractivity contribution in [1.82, 2.24) is 9.78 Å². The van der Waals surface area contributed by atoms with Crippen molar-refractivity contribution in [2.24, 2.45) is 5.92 Å². The van der Waals surface area contributed by atoms with Crippen LogP contribution < -0.4 is 15.1 Å². The van der Waals surface area contributed by atoms with Crippen LogP contribution in [0.25, 0.3) is 0 Å². The molecule has 1 fully saturated rings. The highest BCUT2D eigenvalue weighted by Gasteiger charge is 2.35. The molecule has 7 nitrogen and oxygen atoms in total. The zero-order valence-electron chi connectivity index (χ0n) is 18.5. The maximum absolute atomic E-state index is 12.9. The SMILES string of the molecule is CSc1ccc(N2CC(C(=O)Nc3ccnn3Cc3ccc(N(C)C)cc3)CC2=O)cc1. The molecule has 8 heteroatoms. The average molecular weight is 450 g/mol. The van der Waals surface area contributed by atoms with Crippen LogP contribution >= 0.6 is 11.8 Å². The summed E-state index contributed by atoms with van der Waals surface area (Å²) in [6.45, 7) is 0.928. The van der Waals surface area contributed by atoms with Gasteiger partial charge in [0, 0.05) is 49.4 Å². The van der Waals surface area contributed by atoms with E-state index < -0.39 is 5.92 Å². The minimum Gasteiger partial charge on any atom is -0.378 e. The molecule has 166 valence electrons. The van der Waals surface area contributed by atoms with Gasteiger partial charge in [-0.25, -0.2) is 4.68 Å². The summed E-state index contributed by atoms with van der Waals surface area (Å²) in [5.41, 5.74) is 3.04. The summed E-state index contributed by atoms with van der Waals surface area (Å²) < 4.78 is 1.76. The van der Waals surface area contributed by atoms with Gasteiger partial charge in [0.2, 0.25) is 11.8 Å². The van der Waals surface area contributed by atoms with E-state index in [4.69, 9.17) is 0 Å². The van der Waals surface area contributed by atoms with Crippen molar-refractivity contribution >= 4 is 40.8 Å². The highest BCUT2D eigenvalue weighted by Crippen LogP contribution is 2.28. The Morgan fingerprint density at radius 3 is 2.50 bits per heavy atom. The Morgan fingerprint density at radius 1 is 1.12 bits per heavy atom. The molecule has 2 amide bonds. The van der Waals surface area contributed by atoms with Gasteiger partial charge in [-0.1, -0.05) is 12.1 Å². The molecule has 1 aromatic heterocycles. The minimum atomic E-state index is -0.398. The molecule has 1 aliphatic heterocycles. The molecule has 32 heavy (non-hydrogen) atoms. The molecule has 0 radical (unpaired) electrons. The van der Waals surface area contributed by atoms with Crippen LogP contribution in [0.3, 0.4) is 0 Å². The molecule has 2 aromatic carbocycles.